The van der Waals surface area contributed by atoms with Gasteiger partial charge in [-0.3, -0.25) is 0 Å². The maximum absolute atomic E-state index is 12.6. The summed E-state index contributed by atoms with van der Waals surface area (Å²) in [5.41, 5.74) is -0.0330. The number of alkyl halides is 3. The lowest BCUT2D eigenvalue weighted by molar-refractivity contribution is -0.247. The number of hydrogen-bond acceptors (Lipinski definition) is 2. The summed E-state index contributed by atoms with van der Waals surface area (Å²) in [6, 6.07) is 2.92. The summed E-state index contributed by atoms with van der Waals surface area (Å²) < 4.78 is 37.8. The monoisotopic (exact) mass is 272 g/mol. The van der Waals surface area contributed by atoms with Gasteiger partial charge in [-0.15, -0.1) is 0 Å². The number of carboxylic acid groups (broad SMARTS) is 1. The van der Waals surface area contributed by atoms with Gasteiger partial charge in [0.25, 0.3) is 0 Å². The summed E-state index contributed by atoms with van der Waals surface area (Å²) in [7, 11) is 0. The van der Waals surface area contributed by atoms with Crippen molar-refractivity contribution in [1.82, 2.24) is 0 Å². The van der Waals surface area contributed by atoms with Gasteiger partial charge in [0, 0.05) is 11.7 Å². The molecule has 0 saturated heterocycles. The van der Waals surface area contributed by atoms with Crippen LogP contribution in [0.15, 0.2) is 18.2 Å². The molecule has 2 rings (SSSR count). The second-order valence-corrected chi connectivity index (χ2v) is 4.58. The van der Waals surface area contributed by atoms with Crippen molar-refractivity contribution in [3.63, 3.8) is 0 Å². The first-order valence-electron chi connectivity index (χ1n) is 6.05. The molecule has 104 valence electrons. The van der Waals surface area contributed by atoms with Crippen molar-refractivity contribution in [2.45, 2.75) is 38.4 Å². The molecule has 6 heteroatoms. The van der Waals surface area contributed by atoms with E-state index < -0.39 is 17.8 Å². The number of nitrogens with zero attached hydrogens (tertiary/aromatic N) is 1. The summed E-state index contributed by atoms with van der Waals surface area (Å²) in [6.07, 6.45) is -4.22. The van der Waals surface area contributed by atoms with E-state index >= 15 is 0 Å². The molecule has 1 aliphatic rings. The van der Waals surface area contributed by atoms with E-state index in [1.54, 1.807) is 0 Å². The number of hydrogen-bond donors (Lipinski definition) is 0. The van der Waals surface area contributed by atoms with Gasteiger partial charge in [0.15, 0.2) is 0 Å². The second-order valence-electron chi connectivity index (χ2n) is 4.58. The first-order valence-corrected chi connectivity index (χ1v) is 6.05. The number of halogens is 3. The first-order chi connectivity index (χ1) is 8.84. The predicted molar refractivity (Wildman–Crippen MR) is 61.7 cm³/mol. The molecule has 0 aromatic heterocycles. The molecule has 3 nitrogen and oxygen atoms in total. The number of fused-ring (bicyclic) bond motifs is 1. The number of anilines is 1. The van der Waals surface area contributed by atoms with Gasteiger partial charge < -0.3 is 14.8 Å². The van der Waals surface area contributed by atoms with Crippen LogP contribution >= 0.6 is 0 Å². The molecular weight excluding hydrogens is 259 g/mol. The third-order valence-electron chi connectivity index (χ3n) is 3.45. The highest BCUT2D eigenvalue weighted by Crippen LogP contribution is 2.37. The Hall–Kier alpha value is -1.72. The third kappa shape index (κ3) is 2.52. The molecule has 1 atom stereocenters. The minimum atomic E-state index is -4.41. The van der Waals surface area contributed by atoms with Gasteiger partial charge in [-0.2, -0.15) is 13.2 Å². The summed E-state index contributed by atoms with van der Waals surface area (Å²) in [5, 5.41) is 11.2. The fraction of sp³-hybridized carbons (Fsp3) is 0.462. The molecule has 0 spiro atoms. The Kier molecular flexibility index (Phi) is 3.43. The number of carbonyl (C=O) groups is 1. The van der Waals surface area contributed by atoms with Crippen molar-refractivity contribution in [3.05, 3.63) is 29.3 Å². The van der Waals surface area contributed by atoms with Gasteiger partial charge in [0.1, 0.15) is 6.09 Å². The minimum absolute atomic E-state index is 0.228. The van der Waals surface area contributed by atoms with Crippen molar-refractivity contribution in [2.75, 3.05) is 4.90 Å². The summed E-state index contributed by atoms with van der Waals surface area (Å²) in [4.78, 5) is 12.2. The fourth-order valence-electron chi connectivity index (χ4n) is 2.48. The second kappa shape index (κ2) is 4.75. The van der Waals surface area contributed by atoms with Crippen LogP contribution in [-0.2, 0) is 12.6 Å². The van der Waals surface area contributed by atoms with Crippen LogP contribution in [0.5, 0.6) is 0 Å². The lowest BCUT2D eigenvalue weighted by Gasteiger charge is -2.39. The molecule has 1 heterocycles. The van der Waals surface area contributed by atoms with E-state index in [-0.39, 0.29) is 6.04 Å². The van der Waals surface area contributed by atoms with Crippen LogP contribution in [0.25, 0.3) is 0 Å². The number of amides is 1. The number of carbonyl (C=O) groups excluding carboxylic acids is 1. The zero-order valence-corrected chi connectivity index (χ0v) is 10.3. The van der Waals surface area contributed by atoms with Gasteiger partial charge >= 0.3 is 6.18 Å². The average Bonchev–Trinajstić information content (AvgIpc) is 2.35. The lowest BCUT2D eigenvalue weighted by atomic mass is 9.93. The number of benzene rings is 1. The third-order valence-corrected chi connectivity index (χ3v) is 3.45. The molecule has 0 saturated carbocycles. The standard InChI is InChI=1S/C13H14F3NO2/c1-2-10-5-3-8-7-9(13(14,15)16)4-6-11(8)17(10)12(18)19/h4,6-7,10H,2-3,5H2,1H3,(H,18,19)/p-1. The molecule has 0 N–H and O–H groups in total. The predicted octanol–water partition coefficient (Wildman–Crippen LogP) is 2.58. The van der Waals surface area contributed by atoms with E-state index in [2.05, 4.69) is 0 Å². The van der Waals surface area contributed by atoms with Gasteiger partial charge in [-0.05, 0) is 43.0 Å². The van der Waals surface area contributed by atoms with E-state index in [0.29, 0.717) is 30.5 Å². The van der Waals surface area contributed by atoms with Crippen LogP contribution in [0.1, 0.15) is 30.9 Å². The van der Waals surface area contributed by atoms with Gasteiger partial charge in [0.05, 0.1) is 5.56 Å². The quantitative estimate of drug-likeness (QED) is 0.788. The average molecular weight is 272 g/mol. The highest BCUT2D eigenvalue weighted by atomic mass is 19.4. The van der Waals surface area contributed by atoms with E-state index in [1.165, 1.54) is 6.07 Å². The molecule has 0 radical (unpaired) electrons. The Balaban J connectivity index is 2.45. The molecule has 1 aromatic rings. The van der Waals surface area contributed by atoms with E-state index in [4.69, 9.17) is 0 Å². The van der Waals surface area contributed by atoms with Gasteiger partial charge in [-0.25, -0.2) is 0 Å². The van der Waals surface area contributed by atoms with E-state index in [1.807, 2.05) is 6.92 Å². The fourth-order valence-corrected chi connectivity index (χ4v) is 2.48. The molecule has 0 aliphatic carbocycles. The maximum atomic E-state index is 12.6. The molecule has 1 amide bonds. The Morgan fingerprint density at radius 3 is 2.68 bits per heavy atom. The van der Waals surface area contributed by atoms with Crippen LogP contribution in [0, 0.1) is 0 Å². The van der Waals surface area contributed by atoms with Crippen LogP contribution < -0.4 is 10.0 Å². The van der Waals surface area contributed by atoms with Crippen LogP contribution in [0.3, 0.4) is 0 Å². The van der Waals surface area contributed by atoms with Crippen molar-refractivity contribution in [2.24, 2.45) is 0 Å². The molecular formula is C13H13F3NO2-. The molecule has 1 unspecified atom stereocenters. The Morgan fingerprint density at radius 2 is 2.16 bits per heavy atom. The highest BCUT2D eigenvalue weighted by molar-refractivity contribution is 5.87. The minimum Gasteiger partial charge on any atom is -0.530 e. The van der Waals surface area contributed by atoms with E-state index in [9.17, 15) is 23.1 Å². The normalized spacial score (nSPS) is 19.2. The van der Waals surface area contributed by atoms with Gasteiger partial charge in [0.2, 0.25) is 0 Å². The molecule has 1 aromatic carbocycles. The summed E-state index contributed by atoms with van der Waals surface area (Å²) >= 11 is 0. The van der Waals surface area contributed by atoms with Crippen LogP contribution in [0.2, 0.25) is 0 Å². The lowest BCUT2D eigenvalue weighted by Crippen LogP contribution is -2.49. The SMILES string of the molecule is CCC1CCc2cc(C(F)(F)F)ccc2N1C(=O)[O-]. The van der Waals surface area contributed by atoms with Crippen molar-refractivity contribution < 1.29 is 23.1 Å². The highest BCUT2D eigenvalue weighted by Gasteiger charge is 2.33. The molecule has 0 fully saturated rings. The van der Waals surface area contributed by atoms with Crippen molar-refractivity contribution >= 4 is 11.8 Å². The molecule has 1 aliphatic heterocycles. The Labute approximate surface area is 108 Å². The van der Waals surface area contributed by atoms with Crippen molar-refractivity contribution in [1.29, 1.82) is 0 Å². The zero-order chi connectivity index (χ0) is 14.2. The van der Waals surface area contributed by atoms with Crippen LogP contribution in [-0.4, -0.2) is 12.1 Å². The smallest absolute Gasteiger partial charge is 0.416 e. The largest absolute Gasteiger partial charge is 0.530 e. The summed E-state index contributed by atoms with van der Waals surface area (Å²) in [6.45, 7) is 1.84. The van der Waals surface area contributed by atoms with Gasteiger partial charge in [-0.1, -0.05) is 6.92 Å². The Bertz CT molecular complexity index is 499. The summed E-state index contributed by atoms with van der Waals surface area (Å²) in [5.74, 6) is 0. The van der Waals surface area contributed by atoms with Crippen molar-refractivity contribution in [3.8, 4) is 0 Å². The zero-order valence-electron chi connectivity index (χ0n) is 10.3. The molecule has 19 heavy (non-hydrogen) atoms. The number of aryl methyl sites for hydroxylation is 1. The topological polar surface area (TPSA) is 43.4 Å². The molecule has 0 bridgehead atoms. The first kappa shape index (κ1) is 13.7. The number of rotatable bonds is 1. The van der Waals surface area contributed by atoms with E-state index in [0.717, 1.165) is 17.0 Å². The maximum Gasteiger partial charge on any atom is 0.416 e. The Morgan fingerprint density at radius 1 is 1.47 bits per heavy atom. The van der Waals surface area contributed by atoms with Crippen LogP contribution in [0.4, 0.5) is 23.7 Å².